The van der Waals surface area contributed by atoms with Crippen molar-refractivity contribution in [2.75, 3.05) is 19.7 Å². The lowest BCUT2D eigenvalue weighted by Crippen LogP contribution is -2.60. The van der Waals surface area contributed by atoms with Crippen LogP contribution in [0.1, 0.15) is 20.8 Å². The average Bonchev–Trinajstić information content (AvgIpc) is 2.10. The molecule has 0 radical (unpaired) electrons. The Hall–Kier alpha value is -1.14. The normalized spacial score (nSPS) is 18.7. The molecule has 6 heteroatoms. The van der Waals surface area contributed by atoms with Crippen molar-refractivity contribution in [1.82, 2.24) is 10.6 Å². The molecule has 0 spiro atoms. The van der Waals surface area contributed by atoms with E-state index in [1.54, 1.807) is 0 Å². The molecule has 1 aliphatic heterocycles. The molecule has 1 heterocycles. The Labute approximate surface area is 94.3 Å². The molecule has 1 rings (SSSR count). The van der Waals surface area contributed by atoms with Gasteiger partial charge < -0.3 is 20.5 Å². The van der Waals surface area contributed by atoms with Crippen LogP contribution in [0.2, 0.25) is 0 Å². The Morgan fingerprint density at radius 3 is 2.44 bits per heavy atom. The molecular formula is C10H18N2O4. The molecular weight excluding hydrogens is 212 g/mol. The number of ether oxygens (including phenoxy) is 1. The highest BCUT2D eigenvalue weighted by atomic mass is 16.5. The predicted molar refractivity (Wildman–Crippen MR) is 57.1 cm³/mol. The molecule has 0 unspecified atom stereocenters. The van der Waals surface area contributed by atoms with Gasteiger partial charge in [-0.05, 0) is 20.8 Å². The number of hydrogen-bond acceptors (Lipinski definition) is 4. The molecule has 92 valence electrons. The first kappa shape index (κ1) is 12.9. The summed E-state index contributed by atoms with van der Waals surface area (Å²) >= 11 is 0. The largest absolute Gasteiger partial charge is 0.480 e. The quantitative estimate of drug-likeness (QED) is 0.584. The fourth-order valence-electron chi connectivity index (χ4n) is 1.26. The smallest absolute Gasteiger partial charge is 0.328 e. The van der Waals surface area contributed by atoms with E-state index < -0.39 is 17.4 Å². The van der Waals surface area contributed by atoms with Gasteiger partial charge in [-0.15, -0.1) is 0 Å². The fraction of sp³-hybridized carbons (Fsp3) is 0.800. The molecule has 0 bridgehead atoms. The van der Waals surface area contributed by atoms with Gasteiger partial charge in [0.1, 0.15) is 12.1 Å². The number of carboxylic acid groups (broad SMARTS) is 1. The van der Waals surface area contributed by atoms with Gasteiger partial charge in [0, 0.05) is 13.1 Å². The summed E-state index contributed by atoms with van der Waals surface area (Å²) in [6.45, 7) is 6.07. The third kappa shape index (κ3) is 3.18. The lowest BCUT2D eigenvalue weighted by Gasteiger charge is -2.39. The van der Waals surface area contributed by atoms with Crippen LogP contribution in [0.5, 0.6) is 0 Å². The highest BCUT2D eigenvalue weighted by Gasteiger charge is 2.34. The molecule has 1 fully saturated rings. The number of amides is 1. The van der Waals surface area contributed by atoms with Gasteiger partial charge in [-0.3, -0.25) is 4.79 Å². The summed E-state index contributed by atoms with van der Waals surface area (Å²) in [4.78, 5) is 22.2. The summed E-state index contributed by atoms with van der Waals surface area (Å²) in [7, 11) is 0. The number of aliphatic carboxylic acids is 1. The van der Waals surface area contributed by atoms with E-state index in [2.05, 4.69) is 10.6 Å². The Balaban J connectivity index is 2.33. The van der Waals surface area contributed by atoms with Crippen molar-refractivity contribution >= 4 is 11.9 Å². The van der Waals surface area contributed by atoms with Gasteiger partial charge in [0.15, 0.2) is 0 Å². The zero-order chi connectivity index (χ0) is 12.4. The summed E-state index contributed by atoms with van der Waals surface area (Å²) in [5.41, 5.74) is -1.57. The van der Waals surface area contributed by atoms with Crippen LogP contribution in [-0.4, -0.2) is 47.8 Å². The predicted octanol–water partition coefficient (Wildman–Crippen LogP) is -0.656. The Morgan fingerprint density at radius 2 is 2.06 bits per heavy atom. The molecule has 1 saturated heterocycles. The first-order valence-corrected chi connectivity index (χ1v) is 5.14. The monoisotopic (exact) mass is 230 g/mol. The zero-order valence-electron chi connectivity index (χ0n) is 9.79. The lowest BCUT2D eigenvalue weighted by molar-refractivity contribution is -0.149. The van der Waals surface area contributed by atoms with Crippen LogP contribution in [0.25, 0.3) is 0 Å². The van der Waals surface area contributed by atoms with Gasteiger partial charge >= 0.3 is 5.97 Å². The van der Waals surface area contributed by atoms with Crippen molar-refractivity contribution in [3.63, 3.8) is 0 Å². The topological polar surface area (TPSA) is 87.7 Å². The van der Waals surface area contributed by atoms with Crippen molar-refractivity contribution in [2.24, 2.45) is 0 Å². The highest BCUT2D eigenvalue weighted by molar-refractivity contribution is 5.86. The van der Waals surface area contributed by atoms with E-state index in [0.29, 0.717) is 13.1 Å². The van der Waals surface area contributed by atoms with E-state index in [-0.39, 0.29) is 12.2 Å². The van der Waals surface area contributed by atoms with E-state index in [1.165, 1.54) is 13.8 Å². The first-order valence-electron chi connectivity index (χ1n) is 5.14. The molecule has 1 amide bonds. The van der Waals surface area contributed by atoms with E-state index >= 15 is 0 Å². The zero-order valence-corrected chi connectivity index (χ0v) is 9.79. The minimum Gasteiger partial charge on any atom is -0.480 e. The van der Waals surface area contributed by atoms with Crippen LogP contribution >= 0.6 is 0 Å². The summed E-state index contributed by atoms with van der Waals surface area (Å²) in [5, 5.41) is 14.2. The SMILES string of the molecule is CC1(OCC(=O)NC(C)(C)C(=O)O)CNC1. The second-order valence-corrected chi connectivity index (χ2v) is 4.82. The van der Waals surface area contributed by atoms with Crippen LogP contribution in [0.3, 0.4) is 0 Å². The number of carbonyl (C=O) groups excluding carboxylic acids is 1. The van der Waals surface area contributed by atoms with Gasteiger partial charge in [-0.1, -0.05) is 0 Å². The molecule has 0 aromatic heterocycles. The number of nitrogens with one attached hydrogen (secondary N) is 2. The van der Waals surface area contributed by atoms with Gasteiger partial charge in [0.25, 0.3) is 0 Å². The van der Waals surface area contributed by atoms with Crippen LogP contribution in [0.15, 0.2) is 0 Å². The van der Waals surface area contributed by atoms with Crippen LogP contribution < -0.4 is 10.6 Å². The van der Waals surface area contributed by atoms with E-state index in [4.69, 9.17) is 9.84 Å². The van der Waals surface area contributed by atoms with Crippen molar-refractivity contribution < 1.29 is 19.4 Å². The average molecular weight is 230 g/mol. The van der Waals surface area contributed by atoms with E-state index in [1.807, 2.05) is 6.92 Å². The van der Waals surface area contributed by atoms with Crippen LogP contribution in [0.4, 0.5) is 0 Å². The van der Waals surface area contributed by atoms with Crippen LogP contribution in [-0.2, 0) is 14.3 Å². The maximum absolute atomic E-state index is 11.4. The van der Waals surface area contributed by atoms with Gasteiger partial charge in [-0.25, -0.2) is 4.79 Å². The fourth-order valence-corrected chi connectivity index (χ4v) is 1.26. The lowest BCUT2D eigenvalue weighted by atomic mass is 10.0. The summed E-state index contributed by atoms with van der Waals surface area (Å²) < 4.78 is 5.39. The highest BCUT2D eigenvalue weighted by Crippen LogP contribution is 2.14. The molecule has 6 nitrogen and oxygen atoms in total. The van der Waals surface area contributed by atoms with E-state index in [9.17, 15) is 9.59 Å². The maximum atomic E-state index is 11.4. The van der Waals surface area contributed by atoms with Crippen molar-refractivity contribution in [2.45, 2.75) is 31.9 Å². The third-order valence-electron chi connectivity index (χ3n) is 2.54. The van der Waals surface area contributed by atoms with Gasteiger partial charge in [0.05, 0.1) is 5.60 Å². The Bertz CT molecular complexity index is 297. The first-order chi connectivity index (χ1) is 7.25. The Morgan fingerprint density at radius 1 is 1.50 bits per heavy atom. The van der Waals surface area contributed by atoms with Crippen molar-refractivity contribution in [3.8, 4) is 0 Å². The molecule has 16 heavy (non-hydrogen) atoms. The molecule has 0 saturated carbocycles. The Kier molecular flexibility index (Phi) is 3.54. The maximum Gasteiger partial charge on any atom is 0.328 e. The van der Waals surface area contributed by atoms with E-state index in [0.717, 1.165) is 0 Å². The molecule has 3 N–H and O–H groups in total. The summed E-state index contributed by atoms with van der Waals surface area (Å²) in [6, 6.07) is 0. The summed E-state index contributed by atoms with van der Waals surface area (Å²) in [5.74, 6) is -1.49. The number of carbonyl (C=O) groups is 2. The molecule has 1 aliphatic rings. The number of hydrogen-bond donors (Lipinski definition) is 3. The van der Waals surface area contributed by atoms with Crippen molar-refractivity contribution in [3.05, 3.63) is 0 Å². The van der Waals surface area contributed by atoms with Crippen molar-refractivity contribution in [1.29, 1.82) is 0 Å². The molecule has 0 aromatic carbocycles. The molecule has 0 aromatic rings. The number of carboxylic acids is 1. The molecule has 0 atom stereocenters. The second kappa shape index (κ2) is 4.39. The third-order valence-corrected chi connectivity index (χ3v) is 2.54. The standard InChI is InChI=1S/C10H18N2O4/c1-9(2,8(14)15)12-7(13)4-16-10(3)5-11-6-10/h11H,4-6H2,1-3H3,(H,12,13)(H,14,15). The second-order valence-electron chi connectivity index (χ2n) is 4.82. The van der Waals surface area contributed by atoms with Crippen LogP contribution in [0, 0.1) is 0 Å². The number of rotatable bonds is 5. The minimum atomic E-state index is -1.26. The molecule has 0 aliphatic carbocycles. The summed E-state index contributed by atoms with van der Waals surface area (Å²) in [6.07, 6.45) is 0. The van der Waals surface area contributed by atoms with Gasteiger partial charge in [-0.2, -0.15) is 0 Å². The van der Waals surface area contributed by atoms with Gasteiger partial charge in [0.2, 0.25) is 5.91 Å². The minimum absolute atomic E-state index is 0.116.